The molecule has 0 radical (unpaired) electrons. The van der Waals surface area contributed by atoms with E-state index in [1.54, 1.807) is 12.1 Å². The molecule has 2 N–H and O–H groups in total. The van der Waals surface area contributed by atoms with Gasteiger partial charge in [-0.3, -0.25) is 9.59 Å². The molecule has 1 aliphatic carbocycles. The van der Waals surface area contributed by atoms with Crippen LogP contribution >= 0.6 is 11.8 Å². The van der Waals surface area contributed by atoms with Crippen molar-refractivity contribution in [2.75, 3.05) is 5.32 Å². The van der Waals surface area contributed by atoms with E-state index in [0.29, 0.717) is 35.2 Å². The first-order chi connectivity index (χ1) is 9.91. The van der Waals surface area contributed by atoms with Gasteiger partial charge in [0.05, 0.1) is 5.41 Å². The van der Waals surface area contributed by atoms with Gasteiger partial charge in [-0.1, -0.05) is 24.2 Å². The van der Waals surface area contributed by atoms with Gasteiger partial charge in [0, 0.05) is 17.0 Å². The molecule has 0 bridgehead atoms. The minimum absolute atomic E-state index is 0.0887. The quantitative estimate of drug-likeness (QED) is 0.787. The molecule has 114 valence electrons. The second-order valence-corrected chi connectivity index (χ2v) is 6.13. The Kier molecular flexibility index (Phi) is 4.82. The van der Waals surface area contributed by atoms with Gasteiger partial charge in [-0.2, -0.15) is 8.78 Å². The van der Waals surface area contributed by atoms with Crippen LogP contribution in [0.2, 0.25) is 0 Å². The highest BCUT2D eigenvalue weighted by Gasteiger charge is 2.45. The molecule has 0 unspecified atom stereocenters. The van der Waals surface area contributed by atoms with Crippen LogP contribution in [-0.4, -0.2) is 22.7 Å². The lowest BCUT2D eigenvalue weighted by Crippen LogP contribution is -2.41. The van der Waals surface area contributed by atoms with Crippen molar-refractivity contribution in [1.29, 1.82) is 0 Å². The van der Waals surface area contributed by atoms with Crippen molar-refractivity contribution in [1.82, 2.24) is 0 Å². The molecule has 1 aromatic carbocycles. The van der Waals surface area contributed by atoms with Gasteiger partial charge < -0.3 is 10.4 Å². The van der Waals surface area contributed by atoms with Crippen LogP contribution in [0, 0.1) is 5.41 Å². The van der Waals surface area contributed by atoms with E-state index in [-0.39, 0.29) is 6.42 Å². The van der Waals surface area contributed by atoms with Crippen LogP contribution in [0.1, 0.15) is 25.7 Å². The van der Waals surface area contributed by atoms with Crippen LogP contribution in [0.25, 0.3) is 0 Å². The molecule has 0 aliphatic heterocycles. The normalized spacial score (nSPS) is 16.3. The van der Waals surface area contributed by atoms with Gasteiger partial charge in [0.2, 0.25) is 5.91 Å². The number of halogens is 2. The van der Waals surface area contributed by atoms with Crippen molar-refractivity contribution in [2.45, 2.75) is 36.3 Å². The highest BCUT2D eigenvalue weighted by molar-refractivity contribution is 7.99. The van der Waals surface area contributed by atoms with Crippen molar-refractivity contribution in [3.8, 4) is 0 Å². The average Bonchev–Trinajstić information content (AvgIpc) is 2.33. The van der Waals surface area contributed by atoms with Gasteiger partial charge >= 0.3 is 5.97 Å². The molecule has 1 fully saturated rings. The van der Waals surface area contributed by atoms with E-state index >= 15 is 0 Å². The minimum atomic E-state index is -2.53. The molecular formula is C14H15F2NO3S. The van der Waals surface area contributed by atoms with Crippen molar-refractivity contribution >= 4 is 29.3 Å². The predicted octanol–water partition coefficient (Wildman–Crippen LogP) is 3.58. The Hall–Kier alpha value is -1.63. The van der Waals surface area contributed by atoms with Crippen molar-refractivity contribution in [2.24, 2.45) is 5.41 Å². The number of anilines is 1. The zero-order valence-corrected chi connectivity index (χ0v) is 12.0. The monoisotopic (exact) mass is 315 g/mol. The van der Waals surface area contributed by atoms with Gasteiger partial charge in [0.1, 0.15) is 0 Å². The van der Waals surface area contributed by atoms with Crippen LogP contribution in [0.4, 0.5) is 14.5 Å². The number of benzene rings is 1. The molecule has 7 heteroatoms. The fraction of sp³-hybridized carbons (Fsp3) is 0.429. The summed E-state index contributed by atoms with van der Waals surface area (Å²) in [6.45, 7) is 0. The summed E-state index contributed by atoms with van der Waals surface area (Å²) < 4.78 is 24.6. The summed E-state index contributed by atoms with van der Waals surface area (Å²) in [5.74, 6) is -3.89. The molecule has 1 aromatic rings. The van der Waals surface area contributed by atoms with E-state index in [0.717, 1.165) is 6.42 Å². The lowest BCUT2D eigenvalue weighted by atomic mass is 9.66. The molecule has 1 amide bonds. The summed E-state index contributed by atoms with van der Waals surface area (Å²) in [6, 6.07) is 6.12. The molecule has 1 aliphatic rings. The third-order valence-electron chi connectivity index (χ3n) is 3.61. The number of carbonyl (C=O) groups excluding carboxylic acids is 1. The number of aliphatic carboxylic acids is 1. The average molecular weight is 315 g/mol. The zero-order chi connectivity index (χ0) is 15.5. The van der Waals surface area contributed by atoms with Crippen molar-refractivity contribution in [3.63, 3.8) is 0 Å². The third-order valence-corrected chi connectivity index (χ3v) is 4.31. The van der Waals surface area contributed by atoms with E-state index in [2.05, 4.69) is 5.32 Å². The minimum Gasteiger partial charge on any atom is -0.481 e. The van der Waals surface area contributed by atoms with E-state index in [9.17, 15) is 23.5 Å². The molecular weight excluding hydrogens is 300 g/mol. The second kappa shape index (κ2) is 6.43. The number of hydrogen-bond acceptors (Lipinski definition) is 3. The van der Waals surface area contributed by atoms with Gasteiger partial charge in [0.25, 0.3) is 5.76 Å². The summed E-state index contributed by atoms with van der Waals surface area (Å²) in [5, 5.41) is 11.7. The fourth-order valence-corrected chi connectivity index (χ4v) is 2.89. The summed E-state index contributed by atoms with van der Waals surface area (Å²) in [6.07, 6.45) is 1.71. The maximum absolute atomic E-state index is 12.3. The first-order valence-electron chi connectivity index (χ1n) is 6.49. The number of alkyl halides is 2. The number of thioether (sulfide) groups is 1. The van der Waals surface area contributed by atoms with Crippen molar-refractivity contribution in [3.05, 3.63) is 24.3 Å². The van der Waals surface area contributed by atoms with Gasteiger partial charge in [0.15, 0.2) is 0 Å². The van der Waals surface area contributed by atoms with Crippen LogP contribution in [0.15, 0.2) is 29.2 Å². The predicted molar refractivity (Wildman–Crippen MR) is 75.5 cm³/mol. The SMILES string of the molecule is O=C(CC1(C(=O)O)CCC1)Nc1cccc(SC(F)F)c1. The molecule has 1 saturated carbocycles. The maximum Gasteiger partial charge on any atom is 0.310 e. The molecule has 0 heterocycles. The Morgan fingerprint density at radius 2 is 2.10 bits per heavy atom. The summed E-state index contributed by atoms with van der Waals surface area (Å²) in [4.78, 5) is 23.5. The Morgan fingerprint density at radius 1 is 1.38 bits per heavy atom. The molecule has 4 nitrogen and oxygen atoms in total. The Balaban J connectivity index is 1.98. The van der Waals surface area contributed by atoms with Crippen LogP contribution < -0.4 is 5.32 Å². The van der Waals surface area contributed by atoms with E-state index in [1.165, 1.54) is 12.1 Å². The standard InChI is InChI=1S/C14H15F2NO3S/c15-13(16)21-10-4-1-3-9(7-10)17-11(18)8-14(12(19)20)5-2-6-14/h1,3-4,7,13H,2,5-6,8H2,(H,17,18)(H,19,20). The summed E-state index contributed by atoms with van der Waals surface area (Å²) in [5.41, 5.74) is -0.565. The Bertz CT molecular complexity index is 547. The van der Waals surface area contributed by atoms with Gasteiger partial charge in [-0.05, 0) is 31.0 Å². The first-order valence-corrected chi connectivity index (χ1v) is 7.37. The summed E-state index contributed by atoms with van der Waals surface area (Å²) >= 11 is 0.395. The van der Waals surface area contributed by atoms with Gasteiger partial charge in [-0.15, -0.1) is 0 Å². The first kappa shape index (κ1) is 15.8. The van der Waals surface area contributed by atoms with Crippen molar-refractivity contribution < 1.29 is 23.5 Å². The number of rotatable bonds is 6. The number of carboxylic acids is 1. The van der Waals surface area contributed by atoms with Crippen LogP contribution in [0.3, 0.4) is 0 Å². The lowest BCUT2D eigenvalue weighted by Gasteiger charge is -2.36. The number of carboxylic acid groups (broad SMARTS) is 1. The summed E-state index contributed by atoms with van der Waals surface area (Å²) in [7, 11) is 0. The lowest BCUT2D eigenvalue weighted by molar-refractivity contribution is -0.157. The van der Waals surface area contributed by atoms with Crippen LogP contribution in [0.5, 0.6) is 0 Å². The number of amides is 1. The number of hydrogen-bond donors (Lipinski definition) is 2. The zero-order valence-electron chi connectivity index (χ0n) is 11.1. The molecule has 0 aromatic heterocycles. The highest BCUT2D eigenvalue weighted by Crippen LogP contribution is 2.44. The largest absolute Gasteiger partial charge is 0.481 e. The van der Waals surface area contributed by atoms with Crippen LogP contribution in [-0.2, 0) is 9.59 Å². The third kappa shape index (κ3) is 3.93. The van der Waals surface area contributed by atoms with E-state index in [1.807, 2.05) is 0 Å². The van der Waals surface area contributed by atoms with E-state index in [4.69, 9.17) is 0 Å². The fourth-order valence-electron chi connectivity index (χ4n) is 2.33. The van der Waals surface area contributed by atoms with Gasteiger partial charge in [-0.25, -0.2) is 0 Å². The van der Waals surface area contributed by atoms with E-state index < -0.39 is 23.0 Å². The maximum atomic E-state index is 12.3. The molecule has 0 saturated heterocycles. The number of carbonyl (C=O) groups is 2. The molecule has 21 heavy (non-hydrogen) atoms. The second-order valence-electron chi connectivity index (χ2n) is 5.07. The molecule has 2 rings (SSSR count). The highest BCUT2D eigenvalue weighted by atomic mass is 32.2. The Labute approximate surface area is 124 Å². The number of nitrogens with one attached hydrogen (secondary N) is 1. The molecule has 0 spiro atoms. The molecule has 0 atom stereocenters. The Morgan fingerprint density at radius 3 is 2.62 bits per heavy atom. The topological polar surface area (TPSA) is 66.4 Å². The smallest absolute Gasteiger partial charge is 0.310 e.